The Balaban J connectivity index is 1.85. The maximum atomic E-state index is 12.2. The maximum Gasteiger partial charge on any atom is 0.255 e. The molecule has 1 aliphatic heterocycles. The van der Waals surface area contributed by atoms with E-state index in [-0.39, 0.29) is 25.3 Å². The molecular weight excluding hydrogens is 348 g/mol. The fourth-order valence-corrected chi connectivity index (χ4v) is 2.94. The first-order valence-electron chi connectivity index (χ1n) is 6.88. The van der Waals surface area contributed by atoms with Crippen LogP contribution in [0.25, 0.3) is 0 Å². The number of aliphatic hydroxyl groups excluding tert-OH is 1. The molecule has 6 heteroatoms. The lowest BCUT2D eigenvalue weighted by Crippen LogP contribution is -2.38. The number of anilines is 1. The number of para-hydroxylation sites is 1. The fraction of sp³-hybridized carbons (Fsp3) is 0.188. The van der Waals surface area contributed by atoms with Gasteiger partial charge in [-0.15, -0.1) is 0 Å². The number of fused-ring (bicyclic) bond motifs is 1. The van der Waals surface area contributed by atoms with Gasteiger partial charge in [0.1, 0.15) is 18.5 Å². The molecule has 114 valence electrons. The molecule has 1 heterocycles. The van der Waals surface area contributed by atoms with Gasteiger partial charge in [0.25, 0.3) is 5.91 Å². The molecule has 0 bridgehead atoms. The van der Waals surface area contributed by atoms with E-state index in [2.05, 4.69) is 26.6 Å². The fourth-order valence-electron chi connectivity index (χ4n) is 2.36. The molecule has 0 aromatic heterocycles. The van der Waals surface area contributed by atoms with Gasteiger partial charge in [-0.2, -0.15) is 0 Å². The Morgan fingerprint density at radius 3 is 2.77 bits per heavy atom. The van der Waals surface area contributed by atoms with Crippen molar-refractivity contribution in [1.29, 1.82) is 0 Å². The van der Waals surface area contributed by atoms with E-state index in [1.54, 1.807) is 6.07 Å². The predicted molar refractivity (Wildman–Crippen MR) is 87.0 cm³/mol. The van der Waals surface area contributed by atoms with Crippen LogP contribution in [0.15, 0.2) is 46.9 Å². The number of carbonyl (C=O) groups is 1. The summed E-state index contributed by atoms with van der Waals surface area (Å²) >= 11 is 3.50. The Labute approximate surface area is 136 Å². The van der Waals surface area contributed by atoms with E-state index in [1.165, 1.54) is 0 Å². The van der Waals surface area contributed by atoms with Gasteiger partial charge in [0.2, 0.25) is 0 Å². The second-order valence-corrected chi connectivity index (χ2v) is 5.71. The van der Waals surface area contributed by atoms with Crippen molar-refractivity contribution in [3.63, 3.8) is 0 Å². The lowest BCUT2D eigenvalue weighted by molar-refractivity contribution is 0.0935. The van der Waals surface area contributed by atoms with Crippen molar-refractivity contribution in [2.45, 2.75) is 6.17 Å². The molecule has 2 aromatic carbocycles. The Morgan fingerprint density at radius 1 is 1.18 bits per heavy atom. The first kappa shape index (κ1) is 14.9. The van der Waals surface area contributed by atoms with Crippen LogP contribution in [0.2, 0.25) is 0 Å². The molecule has 1 amide bonds. The molecule has 1 atom stereocenters. The van der Waals surface area contributed by atoms with Gasteiger partial charge in [-0.05, 0) is 24.3 Å². The summed E-state index contributed by atoms with van der Waals surface area (Å²) in [6.45, 7) is 0.216. The molecule has 0 saturated carbocycles. The Hall–Kier alpha value is -2.05. The second-order valence-electron chi connectivity index (χ2n) is 4.85. The molecule has 2 aromatic rings. The van der Waals surface area contributed by atoms with Crippen LogP contribution in [-0.2, 0) is 0 Å². The number of benzene rings is 2. The third-order valence-corrected chi connectivity index (χ3v) is 4.08. The van der Waals surface area contributed by atoms with Crippen LogP contribution in [0.4, 0.5) is 5.69 Å². The average Bonchev–Trinajstić information content (AvgIpc) is 2.53. The average molecular weight is 363 g/mol. The van der Waals surface area contributed by atoms with E-state index in [1.807, 2.05) is 36.4 Å². The molecule has 0 spiro atoms. The Bertz CT molecular complexity index is 706. The van der Waals surface area contributed by atoms with Gasteiger partial charge < -0.3 is 20.5 Å². The number of rotatable bonds is 4. The van der Waals surface area contributed by atoms with Crippen molar-refractivity contribution in [2.24, 2.45) is 0 Å². The lowest BCUT2D eigenvalue weighted by atomic mass is 10.1. The molecule has 22 heavy (non-hydrogen) atoms. The summed E-state index contributed by atoms with van der Waals surface area (Å²) in [6.07, 6.45) is -0.316. The minimum atomic E-state index is -0.316. The van der Waals surface area contributed by atoms with Gasteiger partial charge >= 0.3 is 0 Å². The number of halogens is 1. The normalized spacial score (nSPS) is 16.5. The monoisotopic (exact) mass is 362 g/mol. The van der Waals surface area contributed by atoms with Crippen molar-refractivity contribution in [3.8, 4) is 5.75 Å². The molecule has 0 saturated heterocycles. The van der Waals surface area contributed by atoms with Gasteiger partial charge in [0.05, 0.1) is 12.2 Å². The number of aliphatic hydroxyl groups is 1. The molecule has 0 aliphatic carbocycles. The molecule has 0 unspecified atom stereocenters. The number of carbonyl (C=O) groups excluding carboxylic acids is 1. The molecule has 3 N–H and O–H groups in total. The third kappa shape index (κ3) is 2.93. The minimum absolute atomic E-state index is 0.0314. The van der Waals surface area contributed by atoms with Gasteiger partial charge in [-0.25, -0.2) is 0 Å². The standard InChI is InChI=1S/C16H15BrN2O3/c17-13-9-10(22-8-7-20)5-6-11(13)15-18-14-4-2-1-3-12(14)16(21)19-15/h1-6,9,15,18,20H,7-8H2,(H,19,21)/t15-/m0/s1. The Kier molecular flexibility index (Phi) is 4.31. The van der Waals surface area contributed by atoms with E-state index in [0.29, 0.717) is 11.3 Å². The molecular formula is C16H15BrN2O3. The van der Waals surface area contributed by atoms with Crippen molar-refractivity contribution < 1.29 is 14.6 Å². The molecule has 0 radical (unpaired) electrons. The van der Waals surface area contributed by atoms with E-state index in [0.717, 1.165) is 15.7 Å². The summed E-state index contributed by atoms with van der Waals surface area (Å²) in [6, 6.07) is 12.9. The third-order valence-electron chi connectivity index (χ3n) is 3.39. The molecule has 3 rings (SSSR count). The molecule has 0 fully saturated rings. The summed E-state index contributed by atoms with van der Waals surface area (Å²) in [5, 5.41) is 15.0. The number of hydrogen-bond donors (Lipinski definition) is 3. The van der Waals surface area contributed by atoms with E-state index < -0.39 is 0 Å². The van der Waals surface area contributed by atoms with Crippen molar-refractivity contribution in [3.05, 3.63) is 58.1 Å². The van der Waals surface area contributed by atoms with E-state index >= 15 is 0 Å². The van der Waals surface area contributed by atoms with Gasteiger partial charge in [-0.1, -0.05) is 34.1 Å². The zero-order chi connectivity index (χ0) is 15.5. The summed E-state index contributed by atoms with van der Waals surface area (Å²) in [7, 11) is 0. The summed E-state index contributed by atoms with van der Waals surface area (Å²) in [5.74, 6) is 0.555. The van der Waals surface area contributed by atoms with Crippen LogP contribution in [0.3, 0.4) is 0 Å². The summed E-state index contributed by atoms with van der Waals surface area (Å²) in [5.41, 5.74) is 2.35. The van der Waals surface area contributed by atoms with Crippen molar-refractivity contribution in [1.82, 2.24) is 5.32 Å². The quantitative estimate of drug-likeness (QED) is 0.781. The van der Waals surface area contributed by atoms with Crippen LogP contribution < -0.4 is 15.4 Å². The number of amides is 1. The first-order valence-corrected chi connectivity index (χ1v) is 7.68. The highest BCUT2D eigenvalue weighted by Gasteiger charge is 2.25. The molecule has 5 nitrogen and oxygen atoms in total. The highest BCUT2D eigenvalue weighted by molar-refractivity contribution is 9.10. The smallest absolute Gasteiger partial charge is 0.255 e. The number of nitrogens with one attached hydrogen (secondary N) is 2. The van der Waals surface area contributed by atoms with Gasteiger partial charge in [-0.3, -0.25) is 4.79 Å². The van der Waals surface area contributed by atoms with E-state index in [9.17, 15) is 4.79 Å². The van der Waals surface area contributed by atoms with Crippen LogP contribution in [0.5, 0.6) is 5.75 Å². The van der Waals surface area contributed by atoms with Crippen LogP contribution in [0.1, 0.15) is 22.1 Å². The number of hydrogen-bond acceptors (Lipinski definition) is 4. The number of ether oxygens (including phenoxy) is 1. The minimum Gasteiger partial charge on any atom is -0.491 e. The van der Waals surface area contributed by atoms with Crippen molar-refractivity contribution in [2.75, 3.05) is 18.5 Å². The topological polar surface area (TPSA) is 70.6 Å². The van der Waals surface area contributed by atoms with Crippen LogP contribution in [0, 0.1) is 0 Å². The van der Waals surface area contributed by atoms with Crippen LogP contribution in [-0.4, -0.2) is 24.2 Å². The summed E-state index contributed by atoms with van der Waals surface area (Å²) in [4.78, 5) is 12.2. The zero-order valence-electron chi connectivity index (χ0n) is 11.7. The van der Waals surface area contributed by atoms with Gasteiger partial charge in [0.15, 0.2) is 0 Å². The maximum absolute atomic E-state index is 12.2. The highest BCUT2D eigenvalue weighted by atomic mass is 79.9. The Morgan fingerprint density at radius 2 is 2.00 bits per heavy atom. The first-order chi connectivity index (χ1) is 10.7. The van der Waals surface area contributed by atoms with Crippen LogP contribution >= 0.6 is 15.9 Å². The second kappa shape index (κ2) is 6.37. The summed E-state index contributed by atoms with van der Waals surface area (Å²) < 4.78 is 6.19. The SMILES string of the molecule is O=C1N[C@@H](c2ccc(OCCO)cc2Br)Nc2ccccc21. The highest BCUT2D eigenvalue weighted by Crippen LogP contribution is 2.32. The predicted octanol–water partition coefficient (Wildman–Crippen LogP) is 2.67. The largest absolute Gasteiger partial charge is 0.491 e. The lowest BCUT2D eigenvalue weighted by Gasteiger charge is -2.28. The zero-order valence-corrected chi connectivity index (χ0v) is 13.3. The van der Waals surface area contributed by atoms with Gasteiger partial charge in [0, 0.05) is 15.7 Å². The van der Waals surface area contributed by atoms with E-state index in [4.69, 9.17) is 9.84 Å². The molecule has 1 aliphatic rings. The van der Waals surface area contributed by atoms with Crippen molar-refractivity contribution >= 4 is 27.5 Å².